The standard InChI is InChI=1S/C26H38N6O9/c1-16(33)29-21-19(34)12-26(24(37)39-2,41-23(21)22(36)20(35)13-27)32-14-18(30-31-32)10-6-7-11-28-25(38)40-15-17-8-4-3-5-9-17/h3-5,8-9,14,19-23,34-36H,6-7,10-13,15,27H2,1-2H3,(H,28,38)(H,29,33)/t19?,20-,21?,22+,23?,26?/m1/s1. The van der Waals surface area contributed by atoms with Crippen molar-refractivity contribution >= 4 is 18.0 Å². The second-order valence-electron chi connectivity index (χ2n) is 9.75. The monoisotopic (exact) mass is 578 g/mol. The smallest absolute Gasteiger partial charge is 0.407 e. The van der Waals surface area contributed by atoms with Gasteiger partial charge in [-0.05, 0) is 24.8 Å². The number of nitrogens with two attached hydrogens (primary N) is 1. The normalized spacial score (nSPS) is 23.7. The van der Waals surface area contributed by atoms with E-state index in [0.717, 1.165) is 17.4 Å². The Morgan fingerprint density at radius 3 is 2.63 bits per heavy atom. The number of amides is 2. The number of aliphatic hydroxyl groups is 3. The average Bonchev–Trinajstić information content (AvgIpc) is 3.45. The number of hydrogen-bond donors (Lipinski definition) is 6. The summed E-state index contributed by atoms with van der Waals surface area (Å²) in [5.74, 6) is -1.46. The van der Waals surface area contributed by atoms with E-state index in [1.54, 1.807) is 0 Å². The molecule has 0 aliphatic carbocycles. The molecule has 3 rings (SSSR count). The molecular weight excluding hydrogens is 540 g/mol. The average molecular weight is 579 g/mol. The number of aryl methyl sites for hydroxylation is 1. The molecule has 226 valence electrons. The number of alkyl carbamates (subject to hydrolysis) is 1. The Balaban J connectivity index is 1.63. The van der Waals surface area contributed by atoms with Gasteiger partial charge in [0.05, 0.1) is 37.3 Å². The molecule has 1 fully saturated rings. The Morgan fingerprint density at radius 1 is 1.24 bits per heavy atom. The third kappa shape index (κ3) is 8.20. The first-order valence-electron chi connectivity index (χ1n) is 13.2. The fraction of sp³-hybridized carbons (Fsp3) is 0.577. The van der Waals surface area contributed by atoms with Crippen molar-refractivity contribution in [1.82, 2.24) is 25.6 Å². The summed E-state index contributed by atoms with van der Waals surface area (Å²) in [7, 11) is 1.12. The van der Waals surface area contributed by atoms with Crippen LogP contribution in [0.3, 0.4) is 0 Å². The number of nitrogens with one attached hydrogen (secondary N) is 2. The van der Waals surface area contributed by atoms with Gasteiger partial charge in [-0.2, -0.15) is 0 Å². The third-order valence-electron chi connectivity index (χ3n) is 6.68. The van der Waals surface area contributed by atoms with E-state index in [0.29, 0.717) is 31.5 Å². The number of aromatic nitrogens is 3. The van der Waals surface area contributed by atoms with Crippen LogP contribution in [0, 0.1) is 0 Å². The SMILES string of the molecule is COC(=O)C1(n2cc(CCCCNC(=O)OCc3ccccc3)nn2)CC(O)C(NC(C)=O)C([C@@H](O)[C@H](O)CN)O1. The first-order chi connectivity index (χ1) is 19.6. The van der Waals surface area contributed by atoms with E-state index in [1.165, 1.54) is 13.1 Å². The van der Waals surface area contributed by atoms with Crippen molar-refractivity contribution in [1.29, 1.82) is 0 Å². The van der Waals surface area contributed by atoms with Crippen molar-refractivity contribution in [3.63, 3.8) is 0 Å². The van der Waals surface area contributed by atoms with Crippen LogP contribution < -0.4 is 16.4 Å². The Labute approximate surface area is 236 Å². The van der Waals surface area contributed by atoms with Gasteiger partial charge in [0.1, 0.15) is 18.8 Å². The van der Waals surface area contributed by atoms with Gasteiger partial charge in [-0.15, -0.1) is 5.10 Å². The Hall–Kier alpha value is -3.63. The van der Waals surface area contributed by atoms with Gasteiger partial charge in [0, 0.05) is 26.4 Å². The highest BCUT2D eigenvalue weighted by atomic mass is 16.6. The Morgan fingerprint density at radius 2 is 1.98 bits per heavy atom. The van der Waals surface area contributed by atoms with Gasteiger partial charge in [-0.3, -0.25) is 4.79 Å². The number of carbonyl (C=O) groups excluding carboxylic acids is 3. The molecule has 1 saturated heterocycles. The number of benzene rings is 1. The van der Waals surface area contributed by atoms with Crippen LogP contribution in [0.2, 0.25) is 0 Å². The summed E-state index contributed by atoms with van der Waals surface area (Å²) in [5.41, 5.74) is 4.80. The topological polar surface area (TPSA) is 220 Å². The number of esters is 1. The van der Waals surface area contributed by atoms with Crippen molar-refractivity contribution in [3.05, 3.63) is 47.8 Å². The summed E-state index contributed by atoms with van der Waals surface area (Å²) < 4.78 is 17.2. The molecule has 0 bridgehead atoms. The molecule has 15 nitrogen and oxygen atoms in total. The van der Waals surface area contributed by atoms with Crippen LogP contribution in [0.15, 0.2) is 36.5 Å². The molecule has 2 amide bonds. The number of unbranched alkanes of at least 4 members (excludes halogenated alkanes) is 1. The first kappa shape index (κ1) is 31.9. The number of aliphatic hydroxyl groups excluding tert-OH is 3. The number of rotatable bonds is 13. The lowest BCUT2D eigenvalue weighted by atomic mass is 9.87. The van der Waals surface area contributed by atoms with Crippen LogP contribution in [0.25, 0.3) is 0 Å². The molecule has 6 atom stereocenters. The van der Waals surface area contributed by atoms with Crippen molar-refractivity contribution < 1.29 is 43.9 Å². The quantitative estimate of drug-likeness (QED) is 0.120. The number of nitrogens with zero attached hydrogens (tertiary/aromatic N) is 3. The minimum atomic E-state index is -2.06. The zero-order chi connectivity index (χ0) is 30.0. The van der Waals surface area contributed by atoms with E-state index in [9.17, 15) is 29.7 Å². The first-order valence-corrected chi connectivity index (χ1v) is 13.2. The van der Waals surface area contributed by atoms with Crippen molar-refractivity contribution in [3.8, 4) is 0 Å². The van der Waals surface area contributed by atoms with Crippen LogP contribution in [0.5, 0.6) is 0 Å². The maximum atomic E-state index is 13.0. The fourth-order valence-electron chi connectivity index (χ4n) is 4.55. The second-order valence-corrected chi connectivity index (χ2v) is 9.75. The predicted octanol–water partition coefficient (Wildman–Crippen LogP) is -1.31. The number of carbonyl (C=O) groups is 3. The lowest BCUT2D eigenvalue weighted by Crippen LogP contribution is -2.68. The lowest BCUT2D eigenvalue weighted by molar-refractivity contribution is -0.258. The van der Waals surface area contributed by atoms with E-state index in [-0.39, 0.29) is 13.2 Å². The molecule has 1 aromatic carbocycles. The number of hydrogen-bond acceptors (Lipinski definition) is 12. The van der Waals surface area contributed by atoms with E-state index in [1.807, 2.05) is 30.3 Å². The molecule has 2 heterocycles. The lowest BCUT2D eigenvalue weighted by Gasteiger charge is -2.47. The summed E-state index contributed by atoms with van der Waals surface area (Å²) in [6.07, 6.45) is -3.84. The summed E-state index contributed by atoms with van der Waals surface area (Å²) in [6, 6.07) is 8.14. The number of ether oxygens (including phenoxy) is 3. The maximum Gasteiger partial charge on any atom is 0.407 e. The van der Waals surface area contributed by atoms with Crippen LogP contribution in [-0.2, 0) is 42.6 Å². The molecule has 4 unspecified atom stereocenters. The summed E-state index contributed by atoms with van der Waals surface area (Å²) in [6.45, 7) is 1.41. The van der Waals surface area contributed by atoms with Crippen LogP contribution in [0.1, 0.15) is 37.4 Å². The van der Waals surface area contributed by atoms with E-state index in [4.69, 9.17) is 19.9 Å². The van der Waals surface area contributed by atoms with Crippen LogP contribution in [0.4, 0.5) is 4.79 Å². The van der Waals surface area contributed by atoms with Crippen molar-refractivity contribution in [2.75, 3.05) is 20.2 Å². The van der Waals surface area contributed by atoms with Crippen molar-refractivity contribution in [2.45, 2.75) is 75.4 Å². The second kappa shape index (κ2) is 14.8. The van der Waals surface area contributed by atoms with Gasteiger partial charge in [0.2, 0.25) is 5.91 Å². The minimum absolute atomic E-state index is 0.170. The fourth-order valence-corrected chi connectivity index (χ4v) is 4.55. The van der Waals surface area contributed by atoms with Crippen molar-refractivity contribution in [2.24, 2.45) is 5.73 Å². The molecule has 41 heavy (non-hydrogen) atoms. The largest absolute Gasteiger partial charge is 0.465 e. The summed E-state index contributed by atoms with van der Waals surface area (Å²) >= 11 is 0. The molecule has 2 aromatic rings. The zero-order valence-electron chi connectivity index (χ0n) is 23.0. The molecule has 0 saturated carbocycles. The Bertz CT molecular complexity index is 1150. The molecular formula is C26H38N6O9. The van der Waals surface area contributed by atoms with Gasteiger partial charge in [0.15, 0.2) is 0 Å². The highest BCUT2D eigenvalue weighted by Gasteiger charge is 2.57. The molecule has 7 N–H and O–H groups in total. The van der Waals surface area contributed by atoms with E-state index >= 15 is 0 Å². The van der Waals surface area contributed by atoms with E-state index in [2.05, 4.69) is 20.9 Å². The highest BCUT2D eigenvalue weighted by molar-refractivity contribution is 5.77. The molecule has 0 radical (unpaired) electrons. The van der Waals surface area contributed by atoms with Gasteiger partial charge >= 0.3 is 12.1 Å². The molecule has 15 heteroatoms. The summed E-state index contributed by atoms with van der Waals surface area (Å²) in [4.78, 5) is 36.7. The Kier molecular flexibility index (Phi) is 11.5. The molecule has 1 aromatic heterocycles. The third-order valence-corrected chi connectivity index (χ3v) is 6.68. The van der Waals surface area contributed by atoms with Gasteiger partial charge < -0.3 is 45.9 Å². The molecule has 0 spiro atoms. The minimum Gasteiger partial charge on any atom is -0.465 e. The van der Waals surface area contributed by atoms with E-state index < -0.39 is 60.6 Å². The van der Waals surface area contributed by atoms with Gasteiger partial charge in [0.25, 0.3) is 5.72 Å². The van der Waals surface area contributed by atoms with Crippen LogP contribution >= 0.6 is 0 Å². The maximum absolute atomic E-state index is 13.0. The van der Waals surface area contributed by atoms with Gasteiger partial charge in [-0.1, -0.05) is 35.5 Å². The number of methoxy groups -OCH3 is 1. The summed E-state index contributed by atoms with van der Waals surface area (Å²) in [5, 5.41) is 45.2. The highest BCUT2D eigenvalue weighted by Crippen LogP contribution is 2.36. The predicted molar refractivity (Wildman–Crippen MR) is 142 cm³/mol. The van der Waals surface area contributed by atoms with Crippen LogP contribution in [-0.4, -0.2) is 98.9 Å². The van der Waals surface area contributed by atoms with Gasteiger partial charge in [-0.25, -0.2) is 14.3 Å². The molecule has 1 aliphatic heterocycles. The molecule has 1 aliphatic rings. The zero-order valence-corrected chi connectivity index (χ0v) is 23.0.